The highest BCUT2D eigenvalue weighted by Gasteiger charge is 2.40. The Labute approximate surface area is 181 Å². The van der Waals surface area contributed by atoms with Crippen molar-refractivity contribution < 1.29 is 14.6 Å². The van der Waals surface area contributed by atoms with Crippen LogP contribution in [0.15, 0.2) is 24.4 Å². The summed E-state index contributed by atoms with van der Waals surface area (Å²) in [6.07, 6.45) is 5.45. The molecule has 1 aromatic carbocycles. The molecule has 2 aliphatic heterocycles. The summed E-state index contributed by atoms with van der Waals surface area (Å²) < 4.78 is 6.43. The summed E-state index contributed by atoms with van der Waals surface area (Å²) in [5.74, 6) is 0.285. The first-order valence-electron chi connectivity index (χ1n) is 9.68. The number of thiazole rings is 1. The molecule has 1 spiro atoms. The van der Waals surface area contributed by atoms with Crippen molar-refractivity contribution in [2.24, 2.45) is 0 Å². The van der Waals surface area contributed by atoms with Crippen LogP contribution in [0.5, 0.6) is 5.75 Å². The third-order valence-electron chi connectivity index (χ3n) is 5.62. The lowest BCUT2D eigenvalue weighted by atomic mass is 9.83. The van der Waals surface area contributed by atoms with Gasteiger partial charge in [0.2, 0.25) is 5.82 Å². The Morgan fingerprint density at radius 1 is 1.30 bits per heavy atom. The normalized spacial score (nSPS) is 17.6. The second kappa shape index (κ2) is 7.51. The number of tetrazole rings is 1. The van der Waals surface area contributed by atoms with Gasteiger partial charge in [-0.25, -0.2) is 4.98 Å². The van der Waals surface area contributed by atoms with E-state index in [1.807, 2.05) is 18.2 Å². The van der Waals surface area contributed by atoms with Crippen LogP contribution in [0.3, 0.4) is 0 Å². The number of ether oxygens (including phenoxy) is 1. The molecule has 11 heteroatoms. The predicted octanol–water partition coefficient (Wildman–Crippen LogP) is 2.90. The highest BCUT2D eigenvalue weighted by molar-refractivity contribution is 7.18. The number of piperidine rings is 1. The predicted molar refractivity (Wildman–Crippen MR) is 111 cm³/mol. The molecule has 3 aromatic rings. The van der Waals surface area contributed by atoms with Crippen LogP contribution in [0.2, 0.25) is 5.02 Å². The summed E-state index contributed by atoms with van der Waals surface area (Å²) in [6, 6.07) is 5.86. The minimum atomic E-state index is -1.01. The van der Waals surface area contributed by atoms with Gasteiger partial charge in [-0.1, -0.05) is 29.0 Å². The standard InChI is InChI=1S/C19H19ClN6O3S/c20-13-2-1-3-14-12(13)4-5-19(29-14)6-8-25(9-7-19)18-21-10-15(30-18)17-22-24-26(23-17)11-16(27)28/h1-3,10H,4-9,11H2,(H,27,28). The Morgan fingerprint density at radius 2 is 2.13 bits per heavy atom. The number of aliphatic carboxylic acids is 1. The molecule has 0 unspecified atom stereocenters. The number of fused-ring (bicyclic) bond motifs is 1. The maximum Gasteiger partial charge on any atom is 0.327 e. The summed E-state index contributed by atoms with van der Waals surface area (Å²) in [5.41, 5.74) is 0.968. The molecule has 0 radical (unpaired) electrons. The van der Waals surface area contributed by atoms with E-state index >= 15 is 0 Å². The largest absolute Gasteiger partial charge is 0.487 e. The van der Waals surface area contributed by atoms with Gasteiger partial charge in [0.1, 0.15) is 11.4 Å². The zero-order chi connectivity index (χ0) is 20.7. The molecule has 5 rings (SSSR count). The van der Waals surface area contributed by atoms with Crippen LogP contribution in [-0.2, 0) is 17.8 Å². The molecule has 1 saturated heterocycles. The first-order valence-corrected chi connectivity index (χ1v) is 10.9. The lowest BCUT2D eigenvalue weighted by molar-refractivity contribution is -0.138. The summed E-state index contributed by atoms with van der Waals surface area (Å²) in [4.78, 5) is 19.4. The smallest absolute Gasteiger partial charge is 0.327 e. The zero-order valence-electron chi connectivity index (χ0n) is 16.0. The van der Waals surface area contributed by atoms with Crippen molar-refractivity contribution in [2.45, 2.75) is 37.8 Å². The van der Waals surface area contributed by atoms with Crippen molar-refractivity contribution in [1.29, 1.82) is 0 Å². The fourth-order valence-electron chi connectivity index (χ4n) is 4.02. The summed E-state index contributed by atoms with van der Waals surface area (Å²) in [7, 11) is 0. The molecule has 1 fully saturated rings. The quantitative estimate of drug-likeness (QED) is 0.652. The highest BCUT2D eigenvalue weighted by Crippen LogP contribution is 2.42. The molecule has 30 heavy (non-hydrogen) atoms. The number of carbonyl (C=O) groups is 1. The SMILES string of the molecule is O=C(O)Cn1nnc(-c2cnc(N3CCC4(CCc5c(Cl)cccc5O4)CC3)s2)n1. The molecule has 0 amide bonds. The fourth-order valence-corrected chi connectivity index (χ4v) is 5.17. The van der Waals surface area contributed by atoms with Gasteiger partial charge in [0, 0.05) is 36.5 Å². The number of anilines is 1. The maximum atomic E-state index is 10.8. The molecule has 4 heterocycles. The van der Waals surface area contributed by atoms with Crippen molar-refractivity contribution in [2.75, 3.05) is 18.0 Å². The topological polar surface area (TPSA) is 106 Å². The number of benzene rings is 1. The molecule has 156 valence electrons. The summed E-state index contributed by atoms with van der Waals surface area (Å²) >= 11 is 7.79. The van der Waals surface area contributed by atoms with Crippen LogP contribution in [0.25, 0.3) is 10.7 Å². The molecule has 0 atom stereocenters. The number of carboxylic acid groups (broad SMARTS) is 1. The summed E-state index contributed by atoms with van der Waals surface area (Å²) in [5, 5.41) is 22.3. The van der Waals surface area contributed by atoms with Crippen molar-refractivity contribution in [3.8, 4) is 16.5 Å². The van der Waals surface area contributed by atoms with Gasteiger partial charge in [0.05, 0.1) is 11.1 Å². The number of rotatable bonds is 4. The van der Waals surface area contributed by atoms with E-state index in [4.69, 9.17) is 21.4 Å². The van der Waals surface area contributed by atoms with E-state index in [0.717, 1.165) is 69.9 Å². The number of halogens is 1. The molecular weight excluding hydrogens is 428 g/mol. The van der Waals surface area contributed by atoms with Gasteiger partial charge >= 0.3 is 5.97 Å². The Kier molecular flexibility index (Phi) is 4.82. The third kappa shape index (κ3) is 3.61. The average molecular weight is 447 g/mol. The average Bonchev–Trinajstić information content (AvgIpc) is 3.38. The Morgan fingerprint density at radius 3 is 2.93 bits per heavy atom. The van der Waals surface area contributed by atoms with Crippen molar-refractivity contribution >= 4 is 34.0 Å². The molecule has 2 aliphatic rings. The van der Waals surface area contributed by atoms with E-state index in [-0.39, 0.29) is 12.1 Å². The molecule has 0 bridgehead atoms. The summed E-state index contributed by atoms with van der Waals surface area (Å²) in [6.45, 7) is 1.38. The van der Waals surface area contributed by atoms with Gasteiger partial charge in [-0.3, -0.25) is 4.79 Å². The van der Waals surface area contributed by atoms with Crippen LogP contribution in [0.1, 0.15) is 24.8 Å². The second-order valence-corrected chi connectivity index (χ2v) is 8.95. The van der Waals surface area contributed by atoms with E-state index in [0.29, 0.717) is 5.82 Å². The minimum Gasteiger partial charge on any atom is -0.487 e. The second-order valence-electron chi connectivity index (χ2n) is 7.53. The monoisotopic (exact) mass is 446 g/mol. The van der Waals surface area contributed by atoms with Crippen LogP contribution in [-0.4, -0.2) is 55.0 Å². The zero-order valence-corrected chi connectivity index (χ0v) is 17.6. The number of carboxylic acids is 1. The van der Waals surface area contributed by atoms with Gasteiger partial charge in [-0.15, -0.1) is 10.2 Å². The van der Waals surface area contributed by atoms with Gasteiger partial charge in [-0.05, 0) is 30.2 Å². The van der Waals surface area contributed by atoms with Gasteiger partial charge in [0.15, 0.2) is 11.7 Å². The number of aromatic nitrogens is 5. The van der Waals surface area contributed by atoms with E-state index < -0.39 is 5.97 Å². The van der Waals surface area contributed by atoms with E-state index in [1.165, 1.54) is 11.3 Å². The van der Waals surface area contributed by atoms with Crippen LogP contribution >= 0.6 is 22.9 Å². The third-order valence-corrected chi connectivity index (χ3v) is 7.03. The van der Waals surface area contributed by atoms with Crippen molar-refractivity contribution in [1.82, 2.24) is 25.2 Å². The van der Waals surface area contributed by atoms with E-state index in [9.17, 15) is 4.79 Å². The Hall–Kier alpha value is -2.72. The van der Waals surface area contributed by atoms with Crippen molar-refractivity contribution in [3.05, 3.63) is 35.0 Å². The maximum absolute atomic E-state index is 10.8. The highest BCUT2D eigenvalue weighted by atomic mass is 35.5. The van der Waals surface area contributed by atoms with Crippen molar-refractivity contribution in [3.63, 3.8) is 0 Å². The van der Waals surface area contributed by atoms with Crippen LogP contribution in [0.4, 0.5) is 5.13 Å². The molecule has 0 saturated carbocycles. The van der Waals surface area contributed by atoms with E-state index in [1.54, 1.807) is 6.20 Å². The fraction of sp³-hybridized carbons (Fsp3) is 0.421. The lowest BCUT2D eigenvalue weighted by Crippen LogP contribution is -2.49. The minimum absolute atomic E-state index is 0.143. The van der Waals surface area contributed by atoms with Gasteiger partial charge in [0.25, 0.3) is 0 Å². The number of hydrogen-bond acceptors (Lipinski definition) is 8. The van der Waals surface area contributed by atoms with Gasteiger partial charge < -0.3 is 14.7 Å². The molecule has 9 nitrogen and oxygen atoms in total. The molecule has 2 aromatic heterocycles. The van der Waals surface area contributed by atoms with Crippen LogP contribution in [0, 0.1) is 0 Å². The number of hydrogen-bond donors (Lipinski definition) is 1. The Bertz CT molecular complexity index is 1090. The lowest BCUT2D eigenvalue weighted by Gasteiger charge is -2.44. The van der Waals surface area contributed by atoms with Gasteiger partial charge in [-0.2, -0.15) is 4.80 Å². The van der Waals surface area contributed by atoms with E-state index in [2.05, 4.69) is 25.3 Å². The Balaban J connectivity index is 1.25. The molecule has 0 aliphatic carbocycles. The molecular formula is C19H19ClN6O3S. The molecule has 1 N–H and O–H groups in total. The first kappa shape index (κ1) is 19.3. The number of nitrogens with zero attached hydrogens (tertiary/aromatic N) is 6. The first-order chi connectivity index (χ1) is 14.5. The van der Waals surface area contributed by atoms with Crippen LogP contribution < -0.4 is 9.64 Å².